The molecule has 1 atom stereocenters. The van der Waals surface area contributed by atoms with Crippen molar-refractivity contribution in [1.29, 1.82) is 0 Å². The number of nitrogen functional groups attached to an aromatic ring is 1. The number of primary amides is 1. The standard InChI is InChI=1S/C23H19F4N7O2/c1-11(12-5-13(23(25,26)27)7-14(28)6-12)16-9-20(35)34(31-21(16)22(29)36)15-3-4-18(24)17(8-15)19-10-30-32-33(19)2/h3-11H,28H2,1-2H3,(H2,29,36). The van der Waals surface area contributed by atoms with E-state index < -0.39 is 34.9 Å². The summed E-state index contributed by atoms with van der Waals surface area (Å²) in [6.07, 6.45) is -3.32. The first-order chi connectivity index (χ1) is 16.9. The van der Waals surface area contributed by atoms with Crippen molar-refractivity contribution in [3.05, 3.63) is 87.2 Å². The lowest BCUT2D eigenvalue weighted by Crippen LogP contribution is -2.28. The van der Waals surface area contributed by atoms with E-state index in [0.29, 0.717) is 5.69 Å². The van der Waals surface area contributed by atoms with Crippen LogP contribution in [0.15, 0.2) is 53.5 Å². The van der Waals surface area contributed by atoms with Gasteiger partial charge in [0.15, 0.2) is 5.69 Å². The number of carbonyl (C=O) groups excluding carboxylic acids is 1. The third kappa shape index (κ3) is 4.54. The second-order valence-corrected chi connectivity index (χ2v) is 8.08. The molecule has 0 bridgehead atoms. The Labute approximate surface area is 201 Å². The van der Waals surface area contributed by atoms with Crippen LogP contribution in [0.4, 0.5) is 23.2 Å². The van der Waals surface area contributed by atoms with E-state index in [1.807, 2.05) is 0 Å². The Balaban J connectivity index is 1.85. The number of halogens is 4. The molecule has 36 heavy (non-hydrogen) atoms. The highest BCUT2D eigenvalue weighted by atomic mass is 19.4. The van der Waals surface area contributed by atoms with Crippen LogP contribution in [0.3, 0.4) is 0 Å². The average Bonchev–Trinajstić information content (AvgIpc) is 3.23. The SMILES string of the molecule is CC(c1cc(N)cc(C(F)(F)F)c1)c1cc(=O)n(-c2ccc(F)c(-c3cnnn3C)c2)nc1C(N)=O. The van der Waals surface area contributed by atoms with Gasteiger partial charge in [-0.2, -0.15) is 23.0 Å². The van der Waals surface area contributed by atoms with Gasteiger partial charge in [-0.15, -0.1) is 5.10 Å². The van der Waals surface area contributed by atoms with Gasteiger partial charge < -0.3 is 11.5 Å². The molecule has 0 fully saturated rings. The maximum Gasteiger partial charge on any atom is 0.416 e. The molecule has 0 saturated heterocycles. The Bertz CT molecular complexity index is 1540. The number of carbonyl (C=O) groups is 1. The van der Waals surface area contributed by atoms with Gasteiger partial charge in [0.1, 0.15) is 5.82 Å². The molecule has 2 heterocycles. The Kier molecular flexibility index (Phi) is 6.08. The number of hydrogen-bond donors (Lipinski definition) is 2. The lowest BCUT2D eigenvalue weighted by molar-refractivity contribution is -0.137. The summed E-state index contributed by atoms with van der Waals surface area (Å²) in [7, 11) is 1.56. The highest BCUT2D eigenvalue weighted by molar-refractivity contribution is 5.92. The predicted octanol–water partition coefficient (Wildman–Crippen LogP) is 3.02. The van der Waals surface area contributed by atoms with E-state index in [-0.39, 0.29) is 33.8 Å². The molecule has 0 saturated carbocycles. The molecule has 1 amide bonds. The van der Waals surface area contributed by atoms with Crippen LogP contribution < -0.4 is 17.0 Å². The molecule has 1 unspecified atom stereocenters. The third-order valence-corrected chi connectivity index (χ3v) is 5.65. The van der Waals surface area contributed by atoms with E-state index in [1.165, 1.54) is 36.0 Å². The molecule has 13 heteroatoms. The minimum Gasteiger partial charge on any atom is -0.399 e. The van der Waals surface area contributed by atoms with Crippen molar-refractivity contribution in [3.8, 4) is 16.9 Å². The lowest BCUT2D eigenvalue weighted by Gasteiger charge is -2.18. The Morgan fingerprint density at radius 2 is 1.83 bits per heavy atom. The van der Waals surface area contributed by atoms with Gasteiger partial charge in [0.25, 0.3) is 11.5 Å². The van der Waals surface area contributed by atoms with Crippen LogP contribution in [0.1, 0.15) is 40.0 Å². The monoisotopic (exact) mass is 501 g/mol. The van der Waals surface area contributed by atoms with E-state index in [1.54, 1.807) is 7.05 Å². The predicted molar refractivity (Wildman–Crippen MR) is 122 cm³/mol. The number of aromatic nitrogens is 5. The molecule has 2 aromatic carbocycles. The summed E-state index contributed by atoms with van der Waals surface area (Å²) in [5.41, 5.74) is 9.62. The fraction of sp³-hybridized carbons (Fsp3) is 0.174. The number of nitrogens with two attached hydrogens (primary N) is 2. The maximum atomic E-state index is 14.5. The molecule has 4 aromatic rings. The Morgan fingerprint density at radius 3 is 2.44 bits per heavy atom. The second kappa shape index (κ2) is 8.91. The van der Waals surface area contributed by atoms with Crippen LogP contribution >= 0.6 is 0 Å². The molecule has 9 nitrogen and oxygen atoms in total. The van der Waals surface area contributed by atoms with Crippen molar-refractivity contribution in [2.45, 2.75) is 19.0 Å². The van der Waals surface area contributed by atoms with Gasteiger partial charge in [-0.3, -0.25) is 9.59 Å². The molecule has 4 N–H and O–H groups in total. The molecule has 2 aromatic heterocycles. The van der Waals surface area contributed by atoms with Gasteiger partial charge in [-0.25, -0.2) is 9.07 Å². The first kappa shape index (κ1) is 24.6. The fourth-order valence-electron chi connectivity index (χ4n) is 3.82. The summed E-state index contributed by atoms with van der Waals surface area (Å²) in [6.45, 7) is 1.49. The number of rotatable bonds is 5. The van der Waals surface area contributed by atoms with Crippen LogP contribution in [0.25, 0.3) is 16.9 Å². The minimum atomic E-state index is -4.65. The number of benzene rings is 2. The number of nitrogens with zero attached hydrogens (tertiary/aromatic N) is 5. The van der Waals surface area contributed by atoms with Crippen LogP contribution in [-0.4, -0.2) is 30.7 Å². The maximum absolute atomic E-state index is 14.5. The Hall–Kier alpha value is -4.55. The number of aryl methyl sites for hydroxylation is 1. The van der Waals surface area contributed by atoms with Gasteiger partial charge >= 0.3 is 6.18 Å². The molecule has 186 valence electrons. The van der Waals surface area contributed by atoms with Crippen LogP contribution in [0.2, 0.25) is 0 Å². The van der Waals surface area contributed by atoms with E-state index in [2.05, 4.69) is 15.4 Å². The topological polar surface area (TPSA) is 135 Å². The van der Waals surface area contributed by atoms with Gasteiger partial charge in [0.05, 0.1) is 23.1 Å². The molecular formula is C23H19F4N7O2. The van der Waals surface area contributed by atoms with Crippen molar-refractivity contribution in [1.82, 2.24) is 24.8 Å². The summed E-state index contributed by atoms with van der Waals surface area (Å²) >= 11 is 0. The largest absolute Gasteiger partial charge is 0.416 e. The van der Waals surface area contributed by atoms with Crippen LogP contribution in [0.5, 0.6) is 0 Å². The minimum absolute atomic E-state index is 0.0145. The van der Waals surface area contributed by atoms with Gasteiger partial charge in [-0.05, 0) is 47.5 Å². The Morgan fingerprint density at radius 1 is 1.11 bits per heavy atom. The van der Waals surface area contributed by atoms with E-state index in [0.717, 1.165) is 28.9 Å². The molecule has 0 aliphatic heterocycles. The van der Waals surface area contributed by atoms with E-state index >= 15 is 0 Å². The highest BCUT2D eigenvalue weighted by Gasteiger charge is 2.32. The van der Waals surface area contributed by atoms with E-state index in [9.17, 15) is 27.2 Å². The van der Waals surface area contributed by atoms with Gasteiger partial charge in [0.2, 0.25) is 0 Å². The second-order valence-electron chi connectivity index (χ2n) is 8.08. The summed E-state index contributed by atoms with van der Waals surface area (Å²) < 4.78 is 56.5. The van der Waals surface area contributed by atoms with Crippen LogP contribution in [0, 0.1) is 5.82 Å². The zero-order valence-corrected chi connectivity index (χ0v) is 18.9. The quantitative estimate of drug-likeness (QED) is 0.319. The number of alkyl halides is 3. The molecule has 4 rings (SSSR count). The smallest absolute Gasteiger partial charge is 0.399 e. The van der Waals surface area contributed by atoms with Crippen molar-refractivity contribution >= 4 is 11.6 Å². The highest BCUT2D eigenvalue weighted by Crippen LogP contribution is 2.35. The van der Waals surface area contributed by atoms with Crippen molar-refractivity contribution in [3.63, 3.8) is 0 Å². The number of amides is 1. The van der Waals surface area contributed by atoms with E-state index in [4.69, 9.17) is 11.5 Å². The molecule has 0 aliphatic rings. The fourth-order valence-corrected chi connectivity index (χ4v) is 3.82. The molecule has 0 aliphatic carbocycles. The normalized spacial score (nSPS) is 12.5. The summed E-state index contributed by atoms with van der Waals surface area (Å²) in [5, 5.41) is 11.5. The molecule has 0 spiro atoms. The van der Waals surface area contributed by atoms with Gasteiger partial charge in [0, 0.05) is 30.3 Å². The zero-order chi connectivity index (χ0) is 26.4. The number of anilines is 1. The molecule has 0 radical (unpaired) electrons. The van der Waals surface area contributed by atoms with Crippen molar-refractivity contribution in [2.24, 2.45) is 12.8 Å². The first-order valence-electron chi connectivity index (χ1n) is 10.4. The third-order valence-electron chi connectivity index (χ3n) is 5.65. The van der Waals surface area contributed by atoms with Crippen LogP contribution in [-0.2, 0) is 13.2 Å². The molecular weight excluding hydrogens is 482 g/mol. The number of hydrogen-bond acceptors (Lipinski definition) is 6. The lowest BCUT2D eigenvalue weighted by atomic mass is 9.90. The summed E-state index contributed by atoms with van der Waals surface area (Å²) in [6, 6.07) is 7.74. The summed E-state index contributed by atoms with van der Waals surface area (Å²) in [4.78, 5) is 25.3. The summed E-state index contributed by atoms with van der Waals surface area (Å²) in [5.74, 6) is -2.51. The van der Waals surface area contributed by atoms with Gasteiger partial charge in [-0.1, -0.05) is 12.1 Å². The average molecular weight is 501 g/mol. The zero-order valence-electron chi connectivity index (χ0n) is 18.9. The first-order valence-corrected chi connectivity index (χ1v) is 10.4. The van der Waals surface area contributed by atoms with Crippen molar-refractivity contribution in [2.75, 3.05) is 5.73 Å². The van der Waals surface area contributed by atoms with Crippen molar-refractivity contribution < 1.29 is 22.4 Å².